The molecule has 1 amide bonds. The van der Waals surface area contributed by atoms with E-state index in [9.17, 15) is 17.6 Å². The maximum Gasteiger partial charge on any atom is 0.263 e. The fourth-order valence-electron chi connectivity index (χ4n) is 3.45. The van der Waals surface area contributed by atoms with Crippen molar-refractivity contribution in [3.8, 4) is 5.75 Å². The minimum absolute atomic E-state index is 0.00834. The second-order valence-electron chi connectivity index (χ2n) is 8.30. The van der Waals surface area contributed by atoms with Crippen LogP contribution in [0.4, 0.5) is 27.4 Å². The number of hydrogen-bond donors (Lipinski definition) is 3. The first kappa shape index (κ1) is 25.8. The summed E-state index contributed by atoms with van der Waals surface area (Å²) in [6.45, 7) is 0.144. The maximum atomic E-state index is 13.9. The summed E-state index contributed by atoms with van der Waals surface area (Å²) >= 11 is 0. The molecule has 3 aromatic carbocycles. The van der Waals surface area contributed by atoms with Crippen LogP contribution in [0.15, 0.2) is 71.6 Å². The van der Waals surface area contributed by atoms with Crippen molar-refractivity contribution in [2.24, 2.45) is 0 Å². The van der Waals surface area contributed by atoms with Gasteiger partial charge in [0.1, 0.15) is 0 Å². The number of ether oxygens (including phenoxy) is 1. The van der Waals surface area contributed by atoms with E-state index in [0.717, 1.165) is 0 Å². The van der Waals surface area contributed by atoms with Crippen molar-refractivity contribution in [2.75, 3.05) is 43.1 Å². The summed E-state index contributed by atoms with van der Waals surface area (Å²) in [5.41, 5.74) is 1.73. The molecule has 4 aromatic rings. The monoisotopic (exact) mass is 524 g/mol. The fourth-order valence-corrected chi connectivity index (χ4v) is 4.50. The summed E-state index contributed by atoms with van der Waals surface area (Å²) in [6, 6.07) is 16.9. The van der Waals surface area contributed by atoms with Gasteiger partial charge in [-0.1, -0.05) is 18.2 Å². The zero-order chi connectivity index (χ0) is 26.6. The van der Waals surface area contributed by atoms with Crippen LogP contribution in [0.2, 0.25) is 0 Å². The molecule has 0 saturated heterocycles. The summed E-state index contributed by atoms with van der Waals surface area (Å²) < 4.78 is 48.0. The largest absolute Gasteiger partial charge is 0.494 e. The average Bonchev–Trinajstić information content (AvgIpc) is 2.85. The van der Waals surface area contributed by atoms with Crippen LogP contribution in [0.25, 0.3) is 11.0 Å². The van der Waals surface area contributed by atoms with Crippen LogP contribution < -0.4 is 20.1 Å². The molecule has 3 N–H and O–H groups in total. The lowest BCUT2D eigenvalue weighted by Crippen LogP contribution is -2.27. The van der Waals surface area contributed by atoms with E-state index in [1.165, 1.54) is 43.5 Å². The molecule has 37 heavy (non-hydrogen) atoms. The van der Waals surface area contributed by atoms with Crippen LogP contribution in [0.3, 0.4) is 0 Å². The number of para-hydroxylation sites is 2. The quantitative estimate of drug-likeness (QED) is 0.302. The first-order chi connectivity index (χ1) is 17.6. The minimum atomic E-state index is -4.14. The summed E-state index contributed by atoms with van der Waals surface area (Å²) in [5, 5.41) is 5.67. The van der Waals surface area contributed by atoms with Crippen LogP contribution in [0.1, 0.15) is 0 Å². The van der Waals surface area contributed by atoms with Crippen LogP contribution in [-0.4, -0.2) is 56.9 Å². The Labute approximate surface area is 213 Å². The molecule has 0 atom stereocenters. The number of fused-ring (bicyclic) bond motifs is 1. The van der Waals surface area contributed by atoms with Gasteiger partial charge in [-0.25, -0.2) is 22.8 Å². The second kappa shape index (κ2) is 10.8. The predicted octanol–water partition coefficient (Wildman–Crippen LogP) is 3.82. The van der Waals surface area contributed by atoms with Crippen molar-refractivity contribution in [1.29, 1.82) is 0 Å². The lowest BCUT2D eigenvalue weighted by Gasteiger charge is -2.15. The summed E-state index contributed by atoms with van der Waals surface area (Å²) in [4.78, 5) is 22.7. The number of benzene rings is 3. The predicted molar refractivity (Wildman–Crippen MR) is 140 cm³/mol. The van der Waals surface area contributed by atoms with E-state index in [2.05, 4.69) is 25.3 Å². The van der Waals surface area contributed by atoms with E-state index in [0.29, 0.717) is 22.4 Å². The number of carbonyl (C=O) groups is 1. The number of nitrogens with zero attached hydrogens (tertiary/aromatic N) is 3. The zero-order valence-corrected chi connectivity index (χ0v) is 21.1. The number of methoxy groups -OCH3 is 1. The highest BCUT2D eigenvalue weighted by Crippen LogP contribution is 2.29. The molecule has 0 spiro atoms. The number of likely N-dealkylation sites (N-methyl/N-ethyl adjacent to an activating group) is 1. The van der Waals surface area contributed by atoms with Crippen molar-refractivity contribution >= 4 is 50.0 Å². The molecule has 0 fully saturated rings. The number of sulfonamides is 1. The van der Waals surface area contributed by atoms with Crippen molar-refractivity contribution < 1.29 is 22.3 Å². The Bertz CT molecular complexity index is 1560. The number of aromatic nitrogens is 2. The first-order valence-corrected chi connectivity index (χ1v) is 12.6. The van der Waals surface area contributed by atoms with Gasteiger partial charge >= 0.3 is 0 Å². The highest BCUT2D eigenvalue weighted by atomic mass is 32.2. The van der Waals surface area contributed by atoms with Gasteiger partial charge < -0.3 is 20.3 Å². The molecular weight excluding hydrogens is 499 g/mol. The smallest absolute Gasteiger partial charge is 0.263 e. The van der Waals surface area contributed by atoms with Crippen molar-refractivity contribution in [1.82, 2.24) is 14.9 Å². The molecular formula is C25H25FN6O4S. The molecule has 0 aliphatic heterocycles. The Morgan fingerprint density at radius 2 is 1.65 bits per heavy atom. The number of amides is 1. The molecule has 4 rings (SSSR count). The number of nitrogens with one attached hydrogen (secondary N) is 3. The van der Waals surface area contributed by atoms with Crippen molar-refractivity contribution in [3.63, 3.8) is 0 Å². The Morgan fingerprint density at radius 3 is 2.32 bits per heavy atom. The van der Waals surface area contributed by atoms with Gasteiger partial charge in [0.15, 0.2) is 23.2 Å². The van der Waals surface area contributed by atoms with Gasteiger partial charge in [-0.05, 0) is 56.6 Å². The Hall–Kier alpha value is -4.29. The fraction of sp³-hybridized carbons (Fsp3) is 0.160. The number of carbonyl (C=O) groups excluding carboxylic acids is 1. The van der Waals surface area contributed by atoms with Crippen molar-refractivity contribution in [3.05, 3.63) is 72.5 Å². The molecule has 1 heterocycles. The van der Waals surface area contributed by atoms with E-state index >= 15 is 0 Å². The summed E-state index contributed by atoms with van der Waals surface area (Å²) in [6.07, 6.45) is 0. The van der Waals surface area contributed by atoms with Crippen LogP contribution in [-0.2, 0) is 14.8 Å². The van der Waals surface area contributed by atoms with Crippen LogP contribution in [0, 0.1) is 5.82 Å². The van der Waals surface area contributed by atoms with Gasteiger partial charge in [-0.15, -0.1) is 0 Å². The third kappa shape index (κ3) is 6.29. The second-order valence-corrected chi connectivity index (χ2v) is 9.99. The zero-order valence-electron chi connectivity index (χ0n) is 20.3. The topological polar surface area (TPSA) is 126 Å². The molecule has 192 valence electrons. The number of halogens is 1. The standard InChI is InChI=1S/C25H25FN6O4S/c1-32(2)15-23(33)27-16-7-6-8-18(13-16)37(34,35)31-25-24(29-20-9-4-5-10-21(20)30-25)28-17-11-12-19(26)22(14-17)36-3/h4-14H,15H2,1-3H3,(H,27,33)(H,28,29)(H,30,31). The van der Waals surface area contributed by atoms with E-state index in [1.807, 2.05) is 0 Å². The molecule has 0 bridgehead atoms. The lowest BCUT2D eigenvalue weighted by atomic mass is 10.2. The van der Waals surface area contributed by atoms with Gasteiger partial charge in [0.25, 0.3) is 10.0 Å². The minimum Gasteiger partial charge on any atom is -0.494 e. The Balaban J connectivity index is 1.68. The highest BCUT2D eigenvalue weighted by molar-refractivity contribution is 7.92. The Morgan fingerprint density at radius 1 is 0.946 bits per heavy atom. The SMILES string of the molecule is COc1cc(Nc2nc3ccccc3nc2NS(=O)(=O)c2cccc(NC(=O)CN(C)C)c2)ccc1F. The van der Waals surface area contributed by atoms with Gasteiger partial charge in [0.05, 0.1) is 29.6 Å². The molecule has 12 heteroatoms. The van der Waals surface area contributed by atoms with Crippen molar-refractivity contribution in [2.45, 2.75) is 4.90 Å². The third-order valence-corrected chi connectivity index (χ3v) is 6.44. The number of rotatable bonds is 9. The van der Waals surface area contributed by atoms with Gasteiger partial charge in [0, 0.05) is 17.4 Å². The van der Waals surface area contributed by atoms with Gasteiger partial charge in [-0.3, -0.25) is 9.52 Å². The van der Waals surface area contributed by atoms with E-state index in [4.69, 9.17) is 4.74 Å². The molecule has 0 saturated carbocycles. The molecule has 10 nitrogen and oxygen atoms in total. The average molecular weight is 525 g/mol. The Kier molecular flexibility index (Phi) is 7.50. The van der Waals surface area contributed by atoms with Gasteiger partial charge in [-0.2, -0.15) is 0 Å². The number of anilines is 4. The molecule has 0 unspecified atom stereocenters. The van der Waals surface area contributed by atoms with E-state index < -0.39 is 15.8 Å². The molecule has 0 radical (unpaired) electrons. The summed E-state index contributed by atoms with van der Waals surface area (Å²) in [5.74, 6) is -0.783. The molecule has 0 aliphatic rings. The summed E-state index contributed by atoms with van der Waals surface area (Å²) in [7, 11) is 0.711. The third-order valence-electron chi connectivity index (χ3n) is 5.10. The van der Waals surface area contributed by atoms with Crippen LogP contribution >= 0.6 is 0 Å². The molecule has 1 aromatic heterocycles. The van der Waals surface area contributed by atoms with E-state index in [-0.39, 0.29) is 34.7 Å². The lowest BCUT2D eigenvalue weighted by molar-refractivity contribution is -0.116. The van der Waals surface area contributed by atoms with Crippen LogP contribution in [0.5, 0.6) is 5.75 Å². The van der Waals surface area contributed by atoms with E-state index in [1.54, 1.807) is 49.3 Å². The first-order valence-electron chi connectivity index (χ1n) is 11.1. The number of hydrogen-bond acceptors (Lipinski definition) is 8. The highest BCUT2D eigenvalue weighted by Gasteiger charge is 2.20. The molecule has 0 aliphatic carbocycles. The van der Waals surface area contributed by atoms with Gasteiger partial charge in [0.2, 0.25) is 5.91 Å². The maximum absolute atomic E-state index is 13.9. The normalized spacial score (nSPS) is 11.4.